The standard InChI is InChI=1S/C33H22O/c1-19-11-13-22-23-14-12-20(2)16-29(23)33(28(22)15-19)27-9-5-3-7-21(27)25-18-32-26(17-30(25)33)24-8-4-6-10-31(24)34-32/h3-18H,1-2H3. The van der Waals surface area contributed by atoms with E-state index in [0.717, 1.165) is 11.2 Å². The SMILES string of the molecule is Cc1ccc2c(c1)C1(c3ccccc3-c3cc4oc5ccccc5c4cc31)c1cc(C)ccc1-2. The molecule has 1 heterocycles. The normalized spacial score (nSPS) is 14.4. The van der Waals surface area contributed by atoms with E-state index < -0.39 is 0 Å². The number of hydrogen-bond acceptors (Lipinski definition) is 1. The van der Waals surface area contributed by atoms with Crippen LogP contribution in [0.5, 0.6) is 0 Å². The van der Waals surface area contributed by atoms with Crippen LogP contribution < -0.4 is 0 Å². The maximum atomic E-state index is 6.32. The van der Waals surface area contributed by atoms with Gasteiger partial charge in [-0.15, -0.1) is 0 Å². The number of fused-ring (bicyclic) bond motifs is 13. The van der Waals surface area contributed by atoms with Crippen molar-refractivity contribution in [3.63, 3.8) is 0 Å². The topological polar surface area (TPSA) is 13.1 Å². The van der Waals surface area contributed by atoms with Gasteiger partial charge < -0.3 is 4.42 Å². The van der Waals surface area contributed by atoms with Crippen molar-refractivity contribution in [2.24, 2.45) is 0 Å². The van der Waals surface area contributed by atoms with Crippen LogP contribution in [0.4, 0.5) is 0 Å². The van der Waals surface area contributed by atoms with Crippen LogP contribution in [0, 0.1) is 13.8 Å². The van der Waals surface area contributed by atoms with Gasteiger partial charge >= 0.3 is 0 Å². The maximum absolute atomic E-state index is 6.32. The molecule has 2 aliphatic rings. The largest absolute Gasteiger partial charge is 0.456 e. The summed E-state index contributed by atoms with van der Waals surface area (Å²) in [5, 5.41) is 2.37. The van der Waals surface area contributed by atoms with Crippen molar-refractivity contribution in [1.82, 2.24) is 0 Å². The number of hydrogen-bond donors (Lipinski definition) is 0. The highest BCUT2D eigenvalue weighted by molar-refractivity contribution is 6.08. The minimum atomic E-state index is -0.318. The zero-order valence-corrected chi connectivity index (χ0v) is 19.1. The molecule has 2 aliphatic carbocycles. The molecule has 160 valence electrons. The Labute approximate surface area is 198 Å². The fraction of sp³-hybridized carbons (Fsp3) is 0.0909. The van der Waals surface area contributed by atoms with Crippen molar-refractivity contribution in [2.75, 3.05) is 0 Å². The number of furan rings is 1. The molecule has 0 N–H and O–H groups in total. The van der Waals surface area contributed by atoms with Gasteiger partial charge in [-0.1, -0.05) is 90.0 Å². The minimum absolute atomic E-state index is 0.318. The predicted octanol–water partition coefficient (Wildman–Crippen LogP) is 8.55. The van der Waals surface area contributed by atoms with E-state index in [9.17, 15) is 0 Å². The molecule has 0 amide bonds. The second-order valence-corrected chi connectivity index (χ2v) is 9.89. The Morgan fingerprint density at radius 3 is 1.85 bits per heavy atom. The molecular formula is C33H22O. The summed E-state index contributed by atoms with van der Waals surface area (Å²) < 4.78 is 6.32. The van der Waals surface area contributed by atoms with Crippen LogP contribution in [-0.4, -0.2) is 0 Å². The van der Waals surface area contributed by atoms with Gasteiger partial charge in [0.1, 0.15) is 11.2 Å². The van der Waals surface area contributed by atoms with E-state index in [1.54, 1.807) is 0 Å². The van der Waals surface area contributed by atoms with Crippen LogP contribution in [0.15, 0.2) is 101 Å². The van der Waals surface area contributed by atoms with Crippen LogP contribution in [-0.2, 0) is 5.41 Å². The first kappa shape index (κ1) is 18.3. The van der Waals surface area contributed by atoms with Crippen LogP contribution in [0.3, 0.4) is 0 Å². The molecule has 5 aromatic carbocycles. The Balaban J connectivity index is 1.62. The van der Waals surface area contributed by atoms with Crippen LogP contribution in [0.1, 0.15) is 33.4 Å². The van der Waals surface area contributed by atoms with Crippen LogP contribution in [0.2, 0.25) is 0 Å². The smallest absolute Gasteiger partial charge is 0.136 e. The number of aryl methyl sites for hydroxylation is 2. The molecule has 0 unspecified atom stereocenters. The summed E-state index contributed by atoms with van der Waals surface area (Å²) in [5.41, 5.74) is 15.0. The molecule has 1 spiro atoms. The summed E-state index contributed by atoms with van der Waals surface area (Å²) >= 11 is 0. The number of para-hydroxylation sites is 1. The van der Waals surface area contributed by atoms with E-state index in [-0.39, 0.29) is 5.41 Å². The lowest BCUT2D eigenvalue weighted by atomic mass is 9.70. The molecule has 1 aromatic heterocycles. The summed E-state index contributed by atoms with van der Waals surface area (Å²) in [6.07, 6.45) is 0. The fourth-order valence-electron chi connectivity index (χ4n) is 6.63. The van der Waals surface area contributed by atoms with Gasteiger partial charge in [0.2, 0.25) is 0 Å². The lowest BCUT2D eigenvalue weighted by Crippen LogP contribution is -2.26. The molecule has 0 saturated heterocycles. The Hall–Kier alpha value is -4.10. The van der Waals surface area contributed by atoms with Gasteiger partial charge in [-0.2, -0.15) is 0 Å². The van der Waals surface area contributed by atoms with E-state index in [1.165, 1.54) is 66.4 Å². The van der Waals surface area contributed by atoms with Crippen molar-refractivity contribution in [2.45, 2.75) is 19.3 Å². The van der Waals surface area contributed by atoms with Gasteiger partial charge in [-0.05, 0) is 76.6 Å². The summed E-state index contributed by atoms with van der Waals surface area (Å²) in [7, 11) is 0. The Morgan fingerprint density at radius 2 is 1.09 bits per heavy atom. The van der Waals surface area contributed by atoms with E-state index in [2.05, 4.69) is 105 Å². The predicted molar refractivity (Wildman–Crippen MR) is 139 cm³/mol. The second kappa shape index (κ2) is 6.07. The number of rotatable bonds is 0. The van der Waals surface area contributed by atoms with Gasteiger partial charge in [0, 0.05) is 10.8 Å². The molecule has 1 heteroatoms. The summed E-state index contributed by atoms with van der Waals surface area (Å²) in [5.74, 6) is 0. The van der Waals surface area contributed by atoms with E-state index in [1.807, 2.05) is 6.07 Å². The molecule has 0 aliphatic heterocycles. The van der Waals surface area contributed by atoms with E-state index in [0.29, 0.717) is 0 Å². The average molecular weight is 435 g/mol. The van der Waals surface area contributed by atoms with Crippen molar-refractivity contribution < 1.29 is 4.42 Å². The zero-order valence-electron chi connectivity index (χ0n) is 19.1. The first-order chi connectivity index (χ1) is 16.7. The van der Waals surface area contributed by atoms with E-state index >= 15 is 0 Å². The van der Waals surface area contributed by atoms with Crippen LogP contribution in [0.25, 0.3) is 44.2 Å². The highest BCUT2D eigenvalue weighted by Gasteiger charge is 2.52. The van der Waals surface area contributed by atoms with E-state index in [4.69, 9.17) is 4.42 Å². The third-order valence-corrected chi connectivity index (χ3v) is 7.99. The lowest BCUT2D eigenvalue weighted by Gasteiger charge is -2.31. The minimum Gasteiger partial charge on any atom is -0.456 e. The quantitative estimate of drug-likeness (QED) is 0.233. The second-order valence-electron chi connectivity index (χ2n) is 9.89. The van der Waals surface area contributed by atoms with Gasteiger partial charge in [-0.3, -0.25) is 0 Å². The molecule has 0 atom stereocenters. The molecule has 0 radical (unpaired) electrons. The van der Waals surface area contributed by atoms with Gasteiger partial charge in [0.15, 0.2) is 0 Å². The summed E-state index contributed by atoms with van der Waals surface area (Å²) in [6, 6.07) is 36.0. The van der Waals surface area contributed by atoms with Crippen LogP contribution >= 0.6 is 0 Å². The average Bonchev–Trinajstić information content (AvgIpc) is 3.45. The highest BCUT2D eigenvalue weighted by Crippen LogP contribution is 2.63. The molecule has 0 fully saturated rings. The monoisotopic (exact) mass is 434 g/mol. The third-order valence-electron chi connectivity index (χ3n) is 7.99. The molecule has 0 bridgehead atoms. The van der Waals surface area contributed by atoms with Crippen molar-refractivity contribution >= 4 is 21.9 Å². The molecular weight excluding hydrogens is 412 g/mol. The lowest BCUT2D eigenvalue weighted by molar-refractivity contribution is 0.669. The van der Waals surface area contributed by atoms with Crippen molar-refractivity contribution in [1.29, 1.82) is 0 Å². The summed E-state index contributed by atoms with van der Waals surface area (Å²) in [6.45, 7) is 4.41. The van der Waals surface area contributed by atoms with Crippen molar-refractivity contribution in [3.8, 4) is 22.3 Å². The number of benzene rings is 5. The molecule has 6 aromatic rings. The maximum Gasteiger partial charge on any atom is 0.136 e. The first-order valence-electron chi connectivity index (χ1n) is 11.9. The third kappa shape index (κ3) is 2.02. The Morgan fingerprint density at radius 1 is 0.471 bits per heavy atom. The summed E-state index contributed by atoms with van der Waals surface area (Å²) in [4.78, 5) is 0. The molecule has 0 saturated carbocycles. The highest BCUT2D eigenvalue weighted by atomic mass is 16.3. The van der Waals surface area contributed by atoms with Gasteiger partial charge in [0.05, 0.1) is 5.41 Å². The molecule has 34 heavy (non-hydrogen) atoms. The van der Waals surface area contributed by atoms with Crippen molar-refractivity contribution in [3.05, 3.63) is 130 Å². The van der Waals surface area contributed by atoms with Gasteiger partial charge in [0.25, 0.3) is 0 Å². The Kier molecular flexibility index (Phi) is 3.27. The zero-order chi connectivity index (χ0) is 22.6. The molecule has 1 nitrogen and oxygen atoms in total. The van der Waals surface area contributed by atoms with Gasteiger partial charge in [-0.25, -0.2) is 0 Å². The Bertz CT molecular complexity index is 1780. The fourth-order valence-corrected chi connectivity index (χ4v) is 6.63. The molecule has 8 rings (SSSR count). The first-order valence-corrected chi connectivity index (χ1v) is 11.9.